The van der Waals surface area contributed by atoms with E-state index >= 15 is 0 Å². The molecular weight excluding hydrogens is 300 g/mol. The Morgan fingerprint density at radius 1 is 1.23 bits per heavy atom. The highest BCUT2D eigenvalue weighted by Gasteiger charge is 2.27. The zero-order valence-electron chi connectivity index (χ0n) is 14.2. The topological polar surface area (TPSA) is 64.3 Å². The predicted molar refractivity (Wildman–Crippen MR) is 94.7 cm³/mol. The fourth-order valence-corrected chi connectivity index (χ4v) is 1.66. The number of rotatable bonds is 6. The number of halogens is 1. The quantitative estimate of drug-likeness (QED) is 0.833. The largest absolute Gasteiger partial charge is 0.494 e. The summed E-state index contributed by atoms with van der Waals surface area (Å²) in [5.41, 5.74) is 6.40. The monoisotopic (exact) mass is 328 g/mol. The fraction of sp³-hybridized carbons (Fsp3) is 0.588. The van der Waals surface area contributed by atoms with Crippen LogP contribution in [0.5, 0.6) is 5.75 Å². The van der Waals surface area contributed by atoms with Crippen molar-refractivity contribution < 1.29 is 9.53 Å². The number of hydrogen-bond donors (Lipinski definition) is 2. The van der Waals surface area contributed by atoms with Crippen LogP contribution < -0.4 is 15.8 Å². The molecule has 1 aromatic carbocycles. The predicted octanol–water partition coefficient (Wildman–Crippen LogP) is 3.85. The van der Waals surface area contributed by atoms with Gasteiger partial charge in [0.25, 0.3) is 0 Å². The maximum Gasteiger partial charge on any atom is 0.241 e. The van der Waals surface area contributed by atoms with E-state index in [0.717, 1.165) is 17.9 Å². The molecule has 0 aliphatic heterocycles. The second kappa shape index (κ2) is 9.01. The van der Waals surface area contributed by atoms with Crippen LogP contribution in [0.4, 0.5) is 5.69 Å². The molecule has 0 aliphatic carbocycles. The SMILES string of the molecule is CC(C)CCOc1ccc(NC(=O)[C@@H](N)C(C)(C)C)cc1.Cl. The Morgan fingerprint density at radius 3 is 2.23 bits per heavy atom. The third-order valence-electron chi connectivity index (χ3n) is 3.30. The van der Waals surface area contributed by atoms with Gasteiger partial charge in [-0.25, -0.2) is 0 Å². The zero-order chi connectivity index (χ0) is 16.0. The minimum absolute atomic E-state index is 0. The maximum atomic E-state index is 12.0. The van der Waals surface area contributed by atoms with Crippen molar-refractivity contribution in [1.82, 2.24) is 0 Å². The Kier molecular flexibility index (Phi) is 8.49. The summed E-state index contributed by atoms with van der Waals surface area (Å²) in [6.07, 6.45) is 1.03. The van der Waals surface area contributed by atoms with Gasteiger partial charge in [-0.05, 0) is 42.0 Å². The van der Waals surface area contributed by atoms with Crippen LogP contribution in [-0.2, 0) is 4.79 Å². The summed E-state index contributed by atoms with van der Waals surface area (Å²) < 4.78 is 5.64. The molecule has 0 radical (unpaired) electrons. The lowest BCUT2D eigenvalue weighted by Crippen LogP contribution is -2.45. The van der Waals surface area contributed by atoms with Crippen LogP contribution in [-0.4, -0.2) is 18.6 Å². The molecule has 1 rings (SSSR count). The number of amides is 1. The van der Waals surface area contributed by atoms with Crippen LogP contribution in [0, 0.1) is 11.3 Å². The third kappa shape index (κ3) is 7.14. The Bertz CT molecular complexity index is 453. The minimum atomic E-state index is -0.542. The van der Waals surface area contributed by atoms with Crippen LogP contribution >= 0.6 is 12.4 Å². The van der Waals surface area contributed by atoms with Crippen molar-refractivity contribution in [3.05, 3.63) is 24.3 Å². The van der Waals surface area contributed by atoms with E-state index in [-0.39, 0.29) is 23.7 Å². The second-order valence-corrected chi connectivity index (χ2v) is 6.89. The van der Waals surface area contributed by atoms with Crippen LogP contribution in [0.3, 0.4) is 0 Å². The molecule has 126 valence electrons. The maximum absolute atomic E-state index is 12.0. The van der Waals surface area contributed by atoms with Gasteiger partial charge in [-0.2, -0.15) is 0 Å². The molecule has 4 nitrogen and oxygen atoms in total. The van der Waals surface area contributed by atoms with Crippen molar-refractivity contribution in [2.45, 2.75) is 47.1 Å². The first kappa shape index (κ1) is 20.7. The molecule has 0 aromatic heterocycles. The Hall–Kier alpha value is -1.26. The summed E-state index contributed by atoms with van der Waals surface area (Å²) in [6, 6.07) is 6.84. The van der Waals surface area contributed by atoms with Crippen molar-refractivity contribution in [3.8, 4) is 5.75 Å². The number of benzene rings is 1. The Balaban J connectivity index is 0.00000441. The summed E-state index contributed by atoms with van der Waals surface area (Å²) in [6.45, 7) is 10.9. The number of carbonyl (C=O) groups is 1. The van der Waals surface area contributed by atoms with Crippen LogP contribution in [0.2, 0.25) is 0 Å². The number of carbonyl (C=O) groups excluding carboxylic acids is 1. The number of anilines is 1. The van der Waals surface area contributed by atoms with Crippen LogP contribution in [0.1, 0.15) is 41.0 Å². The van der Waals surface area contributed by atoms with E-state index in [4.69, 9.17) is 10.5 Å². The first-order valence-corrected chi connectivity index (χ1v) is 7.49. The first-order valence-electron chi connectivity index (χ1n) is 7.49. The molecule has 0 bridgehead atoms. The summed E-state index contributed by atoms with van der Waals surface area (Å²) in [4.78, 5) is 12.0. The van der Waals surface area contributed by atoms with E-state index in [1.165, 1.54) is 0 Å². The minimum Gasteiger partial charge on any atom is -0.494 e. The normalized spacial score (nSPS) is 12.5. The summed E-state index contributed by atoms with van der Waals surface area (Å²) >= 11 is 0. The molecule has 0 aliphatic rings. The standard InChI is InChI=1S/C17H28N2O2.ClH/c1-12(2)10-11-21-14-8-6-13(7-9-14)19-16(20)15(18)17(3,4)5;/h6-9,12,15H,10-11,18H2,1-5H3,(H,19,20);1H/t15-;/m1./s1. The van der Waals surface area contributed by atoms with E-state index < -0.39 is 6.04 Å². The zero-order valence-corrected chi connectivity index (χ0v) is 15.0. The molecule has 0 saturated heterocycles. The highest BCUT2D eigenvalue weighted by Crippen LogP contribution is 2.20. The van der Waals surface area contributed by atoms with Gasteiger partial charge < -0.3 is 15.8 Å². The van der Waals surface area contributed by atoms with Gasteiger partial charge in [0, 0.05) is 5.69 Å². The van der Waals surface area contributed by atoms with Gasteiger partial charge >= 0.3 is 0 Å². The summed E-state index contributed by atoms with van der Waals surface area (Å²) in [7, 11) is 0. The molecular formula is C17H29ClN2O2. The molecule has 0 heterocycles. The van der Waals surface area contributed by atoms with Crippen molar-refractivity contribution in [3.63, 3.8) is 0 Å². The summed E-state index contributed by atoms with van der Waals surface area (Å²) in [5.74, 6) is 1.27. The Labute approximate surface area is 140 Å². The van der Waals surface area contributed by atoms with Gasteiger partial charge in [-0.1, -0.05) is 34.6 Å². The van der Waals surface area contributed by atoms with Gasteiger partial charge in [0.05, 0.1) is 12.6 Å². The van der Waals surface area contributed by atoms with E-state index in [1.807, 2.05) is 45.0 Å². The number of nitrogens with one attached hydrogen (secondary N) is 1. The van der Waals surface area contributed by atoms with E-state index in [2.05, 4.69) is 19.2 Å². The second-order valence-electron chi connectivity index (χ2n) is 6.89. The van der Waals surface area contributed by atoms with Gasteiger partial charge in [0.2, 0.25) is 5.91 Å². The summed E-state index contributed by atoms with van der Waals surface area (Å²) in [5, 5.41) is 2.83. The molecule has 3 N–H and O–H groups in total. The van der Waals surface area contributed by atoms with Gasteiger partial charge in [-0.3, -0.25) is 4.79 Å². The number of ether oxygens (including phenoxy) is 1. The van der Waals surface area contributed by atoms with E-state index in [1.54, 1.807) is 0 Å². The molecule has 0 saturated carbocycles. The van der Waals surface area contributed by atoms with Crippen molar-refractivity contribution in [2.75, 3.05) is 11.9 Å². The lowest BCUT2D eigenvalue weighted by molar-refractivity contribution is -0.119. The number of nitrogens with two attached hydrogens (primary N) is 1. The van der Waals surface area contributed by atoms with Crippen molar-refractivity contribution in [1.29, 1.82) is 0 Å². The lowest BCUT2D eigenvalue weighted by Gasteiger charge is -2.25. The molecule has 1 amide bonds. The van der Waals surface area contributed by atoms with Gasteiger partial charge in [-0.15, -0.1) is 12.4 Å². The average Bonchev–Trinajstić information content (AvgIpc) is 2.38. The van der Waals surface area contributed by atoms with E-state index in [9.17, 15) is 4.79 Å². The highest BCUT2D eigenvalue weighted by molar-refractivity contribution is 5.95. The van der Waals surface area contributed by atoms with E-state index in [0.29, 0.717) is 12.5 Å². The fourth-order valence-electron chi connectivity index (χ4n) is 1.66. The molecule has 0 fully saturated rings. The lowest BCUT2D eigenvalue weighted by atomic mass is 9.87. The van der Waals surface area contributed by atoms with Crippen LogP contribution in [0.25, 0.3) is 0 Å². The molecule has 0 spiro atoms. The third-order valence-corrected chi connectivity index (χ3v) is 3.30. The van der Waals surface area contributed by atoms with Crippen molar-refractivity contribution >= 4 is 24.0 Å². The molecule has 1 aromatic rings. The van der Waals surface area contributed by atoms with Gasteiger partial charge in [0.1, 0.15) is 5.75 Å². The van der Waals surface area contributed by atoms with Crippen molar-refractivity contribution in [2.24, 2.45) is 17.1 Å². The van der Waals surface area contributed by atoms with Crippen LogP contribution in [0.15, 0.2) is 24.3 Å². The average molecular weight is 329 g/mol. The molecule has 0 unspecified atom stereocenters. The Morgan fingerprint density at radius 2 is 1.77 bits per heavy atom. The van der Waals surface area contributed by atoms with Gasteiger partial charge in [0.15, 0.2) is 0 Å². The molecule has 5 heteroatoms. The molecule has 1 atom stereocenters. The highest BCUT2D eigenvalue weighted by atomic mass is 35.5. The number of hydrogen-bond acceptors (Lipinski definition) is 3. The molecule has 22 heavy (non-hydrogen) atoms. The first-order chi connectivity index (χ1) is 9.70. The smallest absolute Gasteiger partial charge is 0.241 e.